The molecule has 5 heterocycles. The maximum Gasteiger partial charge on any atom is 0.270 e. The number of nitrogens with zero attached hydrogens (tertiary/aromatic N) is 5. The van der Waals surface area contributed by atoms with Gasteiger partial charge in [-0.1, -0.05) is 12.8 Å². The number of benzene rings is 1. The summed E-state index contributed by atoms with van der Waals surface area (Å²) in [6.07, 6.45) is 7.53. The van der Waals surface area contributed by atoms with Gasteiger partial charge in [0.25, 0.3) is 5.91 Å². The number of anilines is 3. The van der Waals surface area contributed by atoms with Crippen LogP contribution in [0.15, 0.2) is 56.4 Å². The molecule has 1 amide bonds. The van der Waals surface area contributed by atoms with Crippen molar-refractivity contribution in [1.29, 1.82) is 0 Å². The van der Waals surface area contributed by atoms with Crippen molar-refractivity contribution in [2.75, 3.05) is 57.7 Å². The minimum absolute atomic E-state index is 0.0578. The number of nitrogens with one attached hydrogen (secondary N) is 1. The molecular formula is C32H34N6O6. The number of rotatable bonds is 7. The van der Waals surface area contributed by atoms with Crippen molar-refractivity contribution >= 4 is 45.6 Å². The molecule has 44 heavy (non-hydrogen) atoms. The average molecular weight is 599 g/mol. The number of aromatic nitrogens is 3. The summed E-state index contributed by atoms with van der Waals surface area (Å²) < 4.78 is 25.1. The second-order valence-corrected chi connectivity index (χ2v) is 11.4. The summed E-state index contributed by atoms with van der Waals surface area (Å²) in [5, 5.41) is 4.13. The Bertz CT molecular complexity index is 1910. The topological polar surface area (TPSA) is 128 Å². The lowest BCUT2D eigenvalue weighted by Crippen LogP contribution is -2.36. The lowest BCUT2D eigenvalue weighted by atomic mass is 10.1. The molecule has 0 atom stereocenters. The van der Waals surface area contributed by atoms with Crippen molar-refractivity contribution in [3.05, 3.63) is 58.7 Å². The molecule has 4 aromatic heterocycles. The number of morpholine rings is 1. The van der Waals surface area contributed by atoms with Crippen molar-refractivity contribution < 1.29 is 23.1 Å². The van der Waals surface area contributed by atoms with E-state index in [1.165, 1.54) is 12.3 Å². The summed E-state index contributed by atoms with van der Waals surface area (Å²) in [6.45, 7) is 2.40. The highest BCUT2D eigenvalue weighted by atomic mass is 16.5. The third-order valence-electron chi connectivity index (χ3n) is 8.35. The van der Waals surface area contributed by atoms with Crippen molar-refractivity contribution in [3.8, 4) is 16.9 Å². The summed E-state index contributed by atoms with van der Waals surface area (Å²) in [5.41, 5.74) is 3.62. The van der Waals surface area contributed by atoms with E-state index in [2.05, 4.69) is 14.9 Å². The van der Waals surface area contributed by atoms with Crippen LogP contribution in [0.1, 0.15) is 42.2 Å². The molecule has 2 fully saturated rings. The molecule has 5 aromatic rings. The number of fused-ring (bicyclic) bond motifs is 2. The van der Waals surface area contributed by atoms with E-state index < -0.39 is 0 Å². The van der Waals surface area contributed by atoms with Crippen LogP contribution in [0.3, 0.4) is 0 Å². The molecule has 1 aromatic carbocycles. The summed E-state index contributed by atoms with van der Waals surface area (Å²) in [6, 6.07) is 9.15. The van der Waals surface area contributed by atoms with Crippen LogP contribution in [0.5, 0.6) is 5.75 Å². The first kappa shape index (κ1) is 28.0. The van der Waals surface area contributed by atoms with Gasteiger partial charge < -0.3 is 38.0 Å². The van der Waals surface area contributed by atoms with Crippen LogP contribution in [-0.4, -0.2) is 72.9 Å². The van der Waals surface area contributed by atoms with Crippen LogP contribution in [-0.2, 0) is 4.74 Å². The first-order chi connectivity index (χ1) is 21.4. The van der Waals surface area contributed by atoms with Gasteiger partial charge >= 0.3 is 0 Å². The Morgan fingerprint density at radius 3 is 2.61 bits per heavy atom. The fourth-order valence-electron chi connectivity index (χ4n) is 6.14. The Kier molecular flexibility index (Phi) is 7.21. The lowest BCUT2D eigenvalue weighted by Gasteiger charge is -2.26. The fourth-order valence-corrected chi connectivity index (χ4v) is 6.14. The van der Waals surface area contributed by atoms with E-state index in [1.807, 2.05) is 29.2 Å². The molecule has 7 rings (SSSR count). The zero-order valence-electron chi connectivity index (χ0n) is 25.0. The van der Waals surface area contributed by atoms with Crippen LogP contribution in [0.2, 0.25) is 0 Å². The molecule has 0 spiro atoms. The number of furan rings is 1. The number of hydrogen-bond acceptors (Lipinski definition) is 10. The van der Waals surface area contributed by atoms with Crippen LogP contribution in [0.25, 0.3) is 33.3 Å². The average Bonchev–Trinajstić information content (AvgIpc) is 3.79. The highest BCUT2D eigenvalue weighted by Crippen LogP contribution is 2.37. The van der Waals surface area contributed by atoms with Gasteiger partial charge in [-0.05, 0) is 36.6 Å². The Labute approximate surface area is 253 Å². The van der Waals surface area contributed by atoms with Crippen LogP contribution >= 0.6 is 0 Å². The van der Waals surface area contributed by atoms with Gasteiger partial charge in [0.15, 0.2) is 11.5 Å². The van der Waals surface area contributed by atoms with Crippen molar-refractivity contribution in [2.24, 2.45) is 0 Å². The number of hydrogen-bond donors (Lipinski definition) is 1. The van der Waals surface area contributed by atoms with E-state index in [1.54, 1.807) is 32.3 Å². The van der Waals surface area contributed by atoms with Crippen molar-refractivity contribution in [1.82, 2.24) is 19.4 Å². The number of ether oxygens (including phenoxy) is 2. The number of methoxy groups -OCH3 is 1. The normalized spacial score (nSPS) is 15.8. The molecule has 0 radical (unpaired) electrons. The third kappa shape index (κ3) is 5.04. The molecule has 12 nitrogen and oxygen atoms in total. The van der Waals surface area contributed by atoms with Gasteiger partial charge in [-0.15, -0.1) is 0 Å². The fraction of sp³-hybridized carbons (Fsp3) is 0.375. The largest absolute Gasteiger partial charge is 0.497 e. The Hall–Kier alpha value is -4.84. The van der Waals surface area contributed by atoms with E-state index in [0.717, 1.165) is 42.3 Å². The van der Waals surface area contributed by atoms with E-state index in [4.69, 9.17) is 23.3 Å². The van der Waals surface area contributed by atoms with Crippen LogP contribution in [0.4, 0.5) is 17.5 Å². The molecule has 1 saturated carbocycles. The molecule has 228 valence electrons. The molecule has 1 aliphatic heterocycles. The predicted molar refractivity (Wildman–Crippen MR) is 166 cm³/mol. The van der Waals surface area contributed by atoms with Crippen molar-refractivity contribution in [3.63, 3.8) is 0 Å². The standard InChI is InChI=1S/C32H34N6O6/c1-36(2)31(40)25-14-20-17-33-32(35-30(20)38(25)22-6-4-5-7-22)34-21-12-19(13-23(15-21)41-3)24-18-43-29-26(39)16-27(44-28(24)29)37-8-10-42-11-9-37/h12-18,22H,4-11H2,1-3H3,(H,33,34,35). The number of carbonyl (C=O) groups excluding carboxylic acids is 1. The van der Waals surface area contributed by atoms with Crippen LogP contribution < -0.4 is 20.4 Å². The Morgan fingerprint density at radius 2 is 1.86 bits per heavy atom. The van der Waals surface area contributed by atoms with Gasteiger partial charge in [-0.2, -0.15) is 4.98 Å². The monoisotopic (exact) mass is 598 g/mol. The Morgan fingerprint density at radius 1 is 1.07 bits per heavy atom. The first-order valence-corrected chi connectivity index (χ1v) is 14.8. The van der Waals surface area contributed by atoms with Gasteiger partial charge in [0.2, 0.25) is 17.0 Å². The zero-order valence-corrected chi connectivity index (χ0v) is 25.0. The summed E-state index contributed by atoms with van der Waals surface area (Å²) in [7, 11) is 5.11. The summed E-state index contributed by atoms with van der Waals surface area (Å²) in [5.74, 6) is 1.39. The Balaban J connectivity index is 1.27. The number of amides is 1. The van der Waals surface area contributed by atoms with Crippen molar-refractivity contribution in [2.45, 2.75) is 31.7 Å². The van der Waals surface area contributed by atoms with Gasteiger partial charge in [0.1, 0.15) is 23.4 Å². The molecule has 1 aliphatic carbocycles. The lowest BCUT2D eigenvalue weighted by molar-refractivity contribution is 0.0815. The molecular weight excluding hydrogens is 564 g/mol. The highest BCUT2D eigenvalue weighted by molar-refractivity contribution is 5.98. The second kappa shape index (κ2) is 11.3. The van der Waals surface area contributed by atoms with E-state index in [9.17, 15) is 9.59 Å². The highest BCUT2D eigenvalue weighted by Gasteiger charge is 2.27. The van der Waals surface area contributed by atoms with E-state index in [0.29, 0.717) is 66.4 Å². The van der Waals surface area contributed by atoms with Gasteiger partial charge in [-0.25, -0.2) is 4.98 Å². The van der Waals surface area contributed by atoms with Gasteiger partial charge in [0.05, 0.1) is 32.0 Å². The zero-order chi connectivity index (χ0) is 30.4. The smallest absolute Gasteiger partial charge is 0.270 e. The van der Waals surface area contributed by atoms with Gasteiger partial charge in [-0.3, -0.25) is 9.59 Å². The van der Waals surface area contributed by atoms with E-state index >= 15 is 0 Å². The molecule has 1 N–H and O–H groups in total. The minimum atomic E-state index is -0.251. The first-order valence-electron chi connectivity index (χ1n) is 14.8. The van der Waals surface area contributed by atoms with Gasteiger partial charge in [0, 0.05) is 56.6 Å². The SMILES string of the molecule is COc1cc(Nc2ncc3cc(C(=O)N(C)C)n(C4CCCC4)c3n2)cc(-c2coc3c(=O)cc(N4CCOCC4)oc23)c1. The maximum absolute atomic E-state index is 13.1. The maximum atomic E-state index is 13.1. The molecule has 12 heteroatoms. The molecule has 1 saturated heterocycles. The minimum Gasteiger partial charge on any atom is -0.497 e. The van der Waals surface area contributed by atoms with E-state index in [-0.39, 0.29) is 23.0 Å². The predicted octanol–water partition coefficient (Wildman–Crippen LogP) is 5.20. The molecule has 0 bridgehead atoms. The summed E-state index contributed by atoms with van der Waals surface area (Å²) >= 11 is 0. The quantitative estimate of drug-likeness (QED) is 0.267. The number of carbonyl (C=O) groups is 1. The second-order valence-electron chi connectivity index (χ2n) is 11.4. The molecule has 0 unspecified atom stereocenters. The summed E-state index contributed by atoms with van der Waals surface area (Å²) in [4.78, 5) is 39.1. The molecule has 2 aliphatic rings. The van der Waals surface area contributed by atoms with Crippen LogP contribution in [0, 0.1) is 0 Å². The third-order valence-corrected chi connectivity index (χ3v) is 8.35.